The van der Waals surface area contributed by atoms with Crippen LogP contribution in [0, 0.1) is 0 Å². The third-order valence-corrected chi connectivity index (χ3v) is 3.29. The minimum atomic E-state index is -0.449. The van der Waals surface area contributed by atoms with Crippen LogP contribution < -0.4 is 4.74 Å². The van der Waals surface area contributed by atoms with E-state index in [0.29, 0.717) is 16.3 Å². The van der Waals surface area contributed by atoms with E-state index in [0.717, 1.165) is 0 Å². The molecule has 5 nitrogen and oxygen atoms in total. The molecule has 0 unspecified atom stereocenters. The number of benzene rings is 1. The highest BCUT2D eigenvalue weighted by Gasteiger charge is 2.22. The molecule has 21 heavy (non-hydrogen) atoms. The molecule has 1 aromatic rings. The molecule has 1 amide bonds. The quantitative estimate of drug-likeness (QED) is 0.756. The van der Waals surface area contributed by atoms with Gasteiger partial charge in [-0.1, -0.05) is 11.6 Å². The minimum Gasteiger partial charge on any atom is -0.496 e. The molecule has 0 fully saturated rings. The standard InChI is InChI=1S/C15H20ClNO4/c1-10(2)17(9-15(19)21-4)14(18)8-11-7-12(16)5-6-13(11)20-3/h5-7,10H,8-9H2,1-4H3. The van der Waals surface area contributed by atoms with Crippen LogP contribution in [0.15, 0.2) is 18.2 Å². The molecule has 0 heterocycles. The number of halogens is 1. The average Bonchev–Trinajstić information content (AvgIpc) is 2.44. The van der Waals surface area contributed by atoms with E-state index < -0.39 is 5.97 Å². The predicted molar refractivity (Wildman–Crippen MR) is 80.6 cm³/mol. The Bertz CT molecular complexity index is 516. The highest BCUT2D eigenvalue weighted by Crippen LogP contribution is 2.23. The van der Waals surface area contributed by atoms with Crippen LogP contribution in [0.25, 0.3) is 0 Å². The molecule has 0 aliphatic heterocycles. The van der Waals surface area contributed by atoms with Gasteiger partial charge in [0.2, 0.25) is 5.91 Å². The molecule has 0 atom stereocenters. The van der Waals surface area contributed by atoms with E-state index in [1.165, 1.54) is 19.1 Å². The first-order valence-electron chi connectivity index (χ1n) is 6.57. The van der Waals surface area contributed by atoms with Crippen LogP contribution in [-0.4, -0.2) is 43.6 Å². The SMILES string of the molecule is COC(=O)CN(C(=O)Cc1cc(Cl)ccc1OC)C(C)C. The molecule has 0 aliphatic rings. The van der Waals surface area contributed by atoms with Gasteiger partial charge in [-0.05, 0) is 32.0 Å². The Morgan fingerprint density at radius 1 is 1.29 bits per heavy atom. The number of methoxy groups -OCH3 is 2. The molecule has 6 heteroatoms. The van der Waals surface area contributed by atoms with Crippen LogP contribution in [0.4, 0.5) is 0 Å². The number of amides is 1. The van der Waals surface area contributed by atoms with Gasteiger partial charge in [-0.25, -0.2) is 0 Å². The van der Waals surface area contributed by atoms with Crippen molar-refractivity contribution < 1.29 is 19.1 Å². The number of carbonyl (C=O) groups is 2. The summed E-state index contributed by atoms with van der Waals surface area (Å²) in [5, 5.41) is 0.530. The van der Waals surface area contributed by atoms with E-state index in [-0.39, 0.29) is 24.9 Å². The molecule has 116 valence electrons. The van der Waals surface area contributed by atoms with E-state index in [2.05, 4.69) is 4.74 Å². The third-order valence-electron chi connectivity index (χ3n) is 3.05. The second kappa shape index (κ2) is 7.88. The monoisotopic (exact) mass is 313 g/mol. The summed E-state index contributed by atoms with van der Waals surface area (Å²) in [6.45, 7) is 3.61. The number of rotatable bonds is 6. The highest BCUT2D eigenvalue weighted by atomic mass is 35.5. The molecule has 0 radical (unpaired) electrons. The summed E-state index contributed by atoms with van der Waals surface area (Å²) in [6.07, 6.45) is 0.110. The van der Waals surface area contributed by atoms with Crippen LogP contribution in [0.1, 0.15) is 19.4 Å². The number of hydrogen-bond donors (Lipinski definition) is 0. The van der Waals surface area contributed by atoms with Gasteiger partial charge in [-0.3, -0.25) is 9.59 Å². The lowest BCUT2D eigenvalue weighted by Gasteiger charge is -2.25. The molecule has 1 aromatic carbocycles. The Balaban J connectivity index is 2.91. The topological polar surface area (TPSA) is 55.8 Å². The van der Waals surface area contributed by atoms with Crippen molar-refractivity contribution in [1.82, 2.24) is 4.90 Å². The fourth-order valence-electron chi connectivity index (χ4n) is 1.91. The molecule has 1 rings (SSSR count). The molecule has 0 N–H and O–H groups in total. The van der Waals surface area contributed by atoms with Crippen LogP contribution >= 0.6 is 11.6 Å². The van der Waals surface area contributed by atoms with Gasteiger partial charge in [-0.15, -0.1) is 0 Å². The van der Waals surface area contributed by atoms with Crippen molar-refractivity contribution in [3.8, 4) is 5.75 Å². The first-order chi connectivity index (χ1) is 9.88. The van der Waals surface area contributed by atoms with E-state index in [1.807, 2.05) is 13.8 Å². The highest BCUT2D eigenvalue weighted by molar-refractivity contribution is 6.30. The molecular formula is C15H20ClNO4. The van der Waals surface area contributed by atoms with Gasteiger partial charge in [0.05, 0.1) is 20.6 Å². The number of nitrogens with zero attached hydrogens (tertiary/aromatic N) is 1. The summed E-state index contributed by atoms with van der Waals surface area (Å²) in [7, 11) is 2.83. The molecule has 0 saturated heterocycles. The Labute approximate surface area is 129 Å². The van der Waals surface area contributed by atoms with Gasteiger partial charge in [0, 0.05) is 16.6 Å². The normalized spacial score (nSPS) is 10.4. The zero-order chi connectivity index (χ0) is 16.0. The minimum absolute atomic E-state index is 0.0735. The summed E-state index contributed by atoms with van der Waals surface area (Å²) in [4.78, 5) is 25.3. The summed E-state index contributed by atoms with van der Waals surface area (Å²) >= 11 is 5.95. The van der Waals surface area contributed by atoms with Gasteiger partial charge in [0.1, 0.15) is 12.3 Å². The maximum absolute atomic E-state index is 12.4. The Morgan fingerprint density at radius 3 is 2.48 bits per heavy atom. The lowest BCUT2D eigenvalue weighted by atomic mass is 10.1. The van der Waals surface area contributed by atoms with Crippen LogP contribution in [0.5, 0.6) is 5.75 Å². The number of hydrogen-bond acceptors (Lipinski definition) is 4. The molecule has 0 bridgehead atoms. The van der Waals surface area contributed by atoms with E-state index in [9.17, 15) is 9.59 Å². The van der Waals surface area contributed by atoms with Crippen molar-refractivity contribution >= 4 is 23.5 Å². The smallest absolute Gasteiger partial charge is 0.325 e. The van der Waals surface area contributed by atoms with Gasteiger partial charge < -0.3 is 14.4 Å². The first kappa shape index (κ1) is 17.3. The van der Waals surface area contributed by atoms with E-state index >= 15 is 0 Å². The zero-order valence-corrected chi connectivity index (χ0v) is 13.4. The van der Waals surface area contributed by atoms with Gasteiger partial charge in [-0.2, -0.15) is 0 Å². The summed E-state index contributed by atoms with van der Waals surface area (Å²) in [6, 6.07) is 4.99. The second-order valence-corrected chi connectivity index (χ2v) is 5.26. The van der Waals surface area contributed by atoms with Gasteiger partial charge in [0.15, 0.2) is 0 Å². The maximum atomic E-state index is 12.4. The predicted octanol–water partition coefficient (Wildman–Crippen LogP) is 2.30. The molecule has 0 spiro atoms. The van der Waals surface area contributed by atoms with Crippen LogP contribution in [0.2, 0.25) is 5.02 Å². The van der Waals surface area contributed by atoms with Crippen molar-refractivity contribution in [3.63, 3.8) is 0 Å². The number of carbonyl (C=O) groups excluding carboxylic acids is 2. The lowest BCUT2D eigenvalue weighted by Crippen LogP contribution is -2.41. The Morgan fingerprint density at radius 2 is 1.95 bits per heavy atom. The van der Waals surface area contributed by atoms with Crippen LogP contribution in [-0.2, 0) is 20.7 Å². The fraction of sp³-hybridized carbons (Fsp3) is 0.467. The van der Waals surface area contributed by atoms with E-state index in [1.54, 1.807) is 18.2 Å². The number of ether oxygens (including phenoxy) is 2. The summed E-state index contributed by atoms with van der Waals surface area (Å²) in [5.41, 5.74) is 0.686. The van der Waals surface area contributed by atoms with E-state index in [4.69, 9.17) is 16.3 Å². The molecule has 0 aromatic heterocycles. The second-order valence-electron chi connectivity index (χ2n) is 4.82. The molecular weight excluding hydrogens is 294 g/mol. The molecule has 0 saturated carbocycles. The van der Waals surface area contributed by atoms with Crippen molar-refractivity contribution in [2.75, 3.05) is 20.8 Å². The lowest BCUT2D eigenvalue weighted by molar-refractivity contribution is -0.148. The summed E-state index contributed by atoms with van der Waals surface area (Å²) < 4.78 is 9.84. The maximum Gasteiger partial charge on any atom is 0.325 e. The number of esters is 1. The fourth-order valence-corrected chi connectivity index (χ4v) is 2.11. The largest absolute Gasteiger partial charge is 0.496 e. The average molecular weight is 314 g/mol. The zero-order valence-electron chi connectivity index (χ0n) is 12.7. The van der Waals surface area contributed by atoms with Crippen LogP contribution in [0.3, 0.4) is 0 Å². The third kappa shape index (κ3) is 4.93. The van der Waals surface area contributed by atoms with Gasteiger partial charge in [0.25, 0.3) is 0 Å². The first-order valence-corrected chi connectivity index (χ1v) is 6.95. The Hall–Kier alpha value is -1.75. The van der Waals surface area contributed by atoms with Crippen molar-refractivity contribution in [1.29, 1.82) is 0 Å². The molecule has 0 aliphatic carbocycles. The summed E-state index contributed by atoms with van der Waals surface area (Å²) in [5.74, 6) is -0.0411. The van der Waals surface area contributed by atoms with Crippen molar-refractivity contribution in [2.45, 2.75) is 26.3 Å². The van der Waals surface area contributed by atoms with Crippen molar-refractivity contribution in [2.24, 2.45) is 0 Å². The Kier molecular flexibility index (Phi) is 6.49. The van der Waals surface area contributed by atoms with Crippen molar-refractivity contribution in [3.05, 3.63) is 28.8 Å². The van der Waals surface area contributed by atoms with Gasteiger partial charge >= 0.3 is 5.97 Å².